The number of aliphatic hydroxyl groups is 6. The van der Waals surface area contributed by atoms with Gasteiger partial charge in [0.1, 0.15) is 48.8 Å². The van der Waals surface area contributed by atoms with E-state index in [1.807, 2.05) is 30.3 Å². The number of ether oxygens (including phenoxy) is 5. The molecule has 15 heteroatoms. The van der Waals surface area contributed by atoms with Crippen LogP contribution in [0.2, 0.25) is 0 Å². The fourth-order valence-electron chi connectivity index (χ4n) is 5.55. The van der Waals surface area contributed by atoms with Crippen LogP contribution in [0.25, 0.3) is 0 Å². The summed E-state index contributed by atoms with van der Waals surface area (Å²) in [4.78, 5) is 0. The van der Waals surface area contributed by atoms with Crippen molar-refractivity contribution in [3.05, 3.63) is 35.9 Å². The Morgan fingerprint density at radius 1 is 0.738 bits per heavy atom. The topological polar surface area (TPSA) is 258 Å². The fraction of sp³-hybridized carbons (Fsp3) is 0.778. The average Bonchev–Trinajstić information content (AvgIpc) is 3.29. The van der Waals surface area contributed by atoms with Gasteiger partial charge >= 0.3 is 0 Å². The van der Waals surface area contributed by atoms with Crippen LogP contribution in [0.1, 0.15) is 12.0 Å². The van der Waals surface area contributed by atoms with Crippen molar-refractivity contribution in [1.82, 2.24) is 5.32 Å². The summed E-state index contributed by atoms with van der Waals surface area (Å²) in [6, 6.07) is 7.21. The zero-order valence-corrected chi connectivity index (χ0v) is 23.4. The molecule has 240 valence electrons. The lowest BCUT2D eigenvalue weighted by Gasteiger charge is -2.47. The molecule has 42 heavy (non-hydrogen) atoms. The first kappa shape index (κ1) is 33.5. The minimum atomic E-state index is -1.47. The van der Waals surface area contributed by atoms with Crippen molar-refractivity contribution < 1.29 is 54.3 Å². The third kappa shape index (κ3) is 7.82. The summed E-state index contributed by atoms with van der Waals surface area (Å²) >= 11 is 0. The van der Waals surface area contributed by atoms with Gasteiger partial charge in [0.2, 0.25) is 0 Å². The Bertz CT molecular complexity index is 937. The van der Waals surface area contributed by atoms with Gasteiger partial charge in [0.05, 0.1) is 32.0 Å². The van der Waals surface area contributed by atoms with E-state index < -0.39 is 98.9 Å². The normalized spacial score (nSPS) is 42.6. The van der Waals surface area contributed by atoms with Gasteiger partial charge in [-0.15, -0.1) is 0 Å². The van der Waals surface area contributed by atoms with Gasteiger partial charge in [0.15, 0.2) is 12.6 Å². The van der Waals surface area contributed by atoms with Crippen molar-refractivity contribution >= 4 is 0 Å². The molecule has 0 unspecified atom stereocenters. The van der Waals surface area contributed by atoms with E-state index in [2.05, 4.69) is 5.32 Å². The minimum absolute atomic E-state index is 0.143. The van der Waals surface area contributed by atoms with Crippen molar-refractivity contribution in [1.29, 1.82) is 0 Å². The molecular formula is C27H46N4O11. The van der Waals surface area contributed by atoms with Gasteiger partial charge in [-0.2, -0.15) is 0 Å². The Labute approximate surface area is 244 Å². The molecule has 0 radical (unpaired) electrons. The maximum Gasteiger partial charge on any atom is 0.187 e. The Morgan fingerprint density at radius 2 is 1.38 bits per heavy atom. The van der Waals surface area contributed by atoms with E-state index in [1.54, 1.807) is 0 Å². The van der Waals surface area contributed by atoms with Crippen molar-refractivity contribution in [2.24, 2.45) is 17.2 Å². The van der Waals surface area contributed by atoms with Gasteiger partial charge in [-0.1, -0.05) is 30.3 Å². The van der Waals surface area contributed by atoms with Crippen molar-refractivity contribution in [3.8, 4) is 0 Å². The molecule has 1 aliphatic carbocycles. The van der Waals surface area contributed by atoms with Crippen molar-refractivity contribution in [2.45, 2.75) is 98.5 Å². The van der Waals surface area contributed by atoms with Gasteiger partial charge < -0.3 is 76.8 Å². The zero-order valence-electron chi connectivity index (χ0n) is 23.4. The molecule has 0 amide bonds. The van der Waals surface area contributed by atoms with Crippen LogP contribution in [0.5, 0.6) is 0 Å². The fourth-order valence-corrected chi connectivity index (χ4v) is 5.55. The average molecular weight is 603 g/mol. The SMILES string of the molecule is N[C@H]1[C@@H](O[C@H]2[C@H](O[C@@H]3O[C@H](CO)[C@@H](O)[C@H]3OCCNCCc3ccccc3)[C@@H](O)[C@H](N)C[C@@H]2N)O[C@H](CO)[C@@H](O)[C@@H]1O. The molecule has 3 fully saturated rings. The Balaban J connectivity index is 1.40. The highest BCUT2D eigenvalue weighted by atomic mass is 16.7. The lowest BCUT2D eigenvalue weighted by molar-refractivity contribution is -0.311. The third-order valence-electron chi connectivity index (χ3n) is 8.07. The van der Waals surface area contributed by atoms with E-state index in [9.17, 15) is 30.6 Å². The van der Waals surface area contributed by atoms with Gasteiger partial charge in [-0.25, -0.2) is 0 Å². The van der Waals surface area contributed by atoms with Gasteiger partial charge in [0, 0.05) is 18.6 Å². The first-order valence-electron chi connectivity index (χ1n) is 14.3. The molecule has 14 atom stereocenters. The van der Waals surface area contributed by atoms with E-state index in [1.165, 1.54) is 5.56 Å². The maximum atomic E-state index is 11.0. The maximum absolute atomic E-state index is 11.0. The number of hydrogen-bond acceptors (Lipinski definition) is 15. The number of nitrogens with one attached hydrogen (secondary N) is 1. The standard InChI is InChI=1S/C27H46N4O11/c28-14-10-15(29)23(41-26-18(30)22(37)20(35)16(11-32)39-26)24(19(14)34)42-27-25(21(36)17(12-33)40-27)38-9-8-31-7-6-13-4-2-1-3-5-13/h1-5,14-27,31-37H,6-12,28-30H2/t14-,15+,16-,17-,18-,19+,20-,21-,22-,23-,24-,25-,26-,27+/m1/s1. The van der Waals surface area contributed by atoms with Crippen LogP contribution in [-0.4, -0.2) is 149 Å². The summed E-state index contributed by atoms with van der Waals surface area (Å²) in [7, 11) is 0. The predicted molar refractivity (Wildman–Crippen MR) is 147 cm³/mol. The summed E-state index contributed by atoms with van der Waals surface area (Å²) in [5, 5.41) is 64.8. The molecule has 0 aromatic heterocycles. The van der Waals surface area contributed by atoms with Gasteiger partial charge in [-0.05, 0) is 24.9 Å². The second kappa shape index (κ2) is 15.6. The molecule has 2 saturated heterocycles. The number of hydrogen-bond donors (Lipinski definition) is 10. The lowest BCUT2D eigenvalue weighted by atomic mass is 9.84. The summed E-state index contributed by atoms with van der Waals surface area (Å²) in [6.45, 7) is 0.268. The molecule has 0 spiro atoms. The quantitative estimate of drug-likeness (QED) is 0.0951. The lowest BCUT2D eigenvalue weighted by Crippen LogP contribution is -2.68. The highest BCUT2D eigenvalue weighted by Crippen LogP contribution is 2.33. The van der Waals surface area contributed by atoms with E-state index in [0.29, 0.717) is 13.1 Å². The summed E-state index contributed by atoms with van der Waals surface area (Å²) in [6.07, 6.45) is -12.5. The molecule has 15 nitrogen and oxygen atoms in total. The molecular weight excluding hydrogens is 556 g/mol. The van der Waals surface area contributed by atoms with E-state index in [0.717, 1.165) is 6.42 Å². The molecule has 3 aliphatic rings. The smallest absolute Gasteiger partial charge is 0.187 e. The predicted octanol–water partition coefficient (Wildman–Crippen LogP) is -4.76. The Morgan fingerprint density at radius 3 is 2.07 bits per heavy atom. The van der Waals surface area contributed by atoms with Crippen LogP contribution in [0, 0.1) is 0 Å². The van der Waals surface area contributed by atoms with Crippen LogP contribution >= 0.6 is 0 Å². The minimum Gasteiger partial charge on any atom is -0.394 e. The van der Waals surface area contributed by atoms with E-state index in [4.69, 9.17) is 40.9 Å². The molecule has 2 heterocycles. The summed E-state index contributed by atoms with van der Waals surface area (Å²) in [5.74, 6) is 0. The van der Waals surface area contributed by atoms with Crippen LogP contribution in [-0.2, 0) is 30.1 Å². The highest BCUT2D eigenvalue weighted by molar-refractivity contribution is 5.14. The van der Waals surface area contributed by atoms with Crippen LogP contribution in [0.4, 0.5) is 0 Å². The largest absolute Gasteiger partial charge is 0.394 e. The molecule has 1 saturated carbocycles. The second-order valence-corrected chi connectivity index (χ2v) is 11.1. The van der Waals surface area contributed by atoms with Crippen LogP contribution < -0.4 is 22.5 Å². The van der Waals surface area contributed by atoms with Gasteiger partial charge in [0.25, 0.3) is 0 Å². The van der Waals surface area contributed by atoms with Gasteiger partial charge in [-0.3, -0.25) is 0 Å². The van der Waals surface area contributed by atoms with Crippen LogP contribution in [0.15, 0.2) is 30.3 Å². The number of nitrogens with two attached hydrogens (primary N) is 3. The molecule has 1 aromatic carbocycles. The highest BCUT2D eigenvalue weighted by Gasteiger charge is 2.52. The summed E-state index contributed by atoms with van der Waals surface area (Å²) < 4.78 is 29.4. The summed E-state index contributed by atoms with van der Waals surface area (Å²) in [5.41, 5.74) is 19.7. The molecule has 0 bridgehead atoms. The number of aliphatic hydroxyl groups excluding tert-OH is 6. The number of benzene rings is 1. The molecule has 4 rings (SSSR count). The Kier molecular flexibility index (Phi) is 12.4. The second-order valence-electron chi connectivity index (χ2n) is 11.1. The van der Waals surface area contributed by atoms with E-state index >= 15 is 0 Å². The van der Waals surface area contributed by atoms with Crippen molar-refractivity contribution in [3.63, 3.8) is 0 Å². The zero-order chi connectivity index (χ0) is 30.4. The van der Waals surface area contributed by atoms with E-state index in [-0.39, 0.29) is 13.0 Å². The van der Waals surface area contributed by atoms with Crippen LogP contribution in [0.3, 0.4) is 0 Å². The molecule has 1 aromatic rings. The Hall–Kier alpha value is -1.38. The third-order valence-corrected chi connectivity index (χ3v) is 8.07. The first-order valence-corrected chi connectivity index (χ1v) is 14.3. The molecule has 2 aliphatic heterocycles. The molecule has 13 N–H and O–H groups in total. The number of rotatable bonds is 13. The monoisotopic (exact) mass is 602 g/mol. The first-order chi connectivity index (χ1) is 20.2. The van der Waals surface area contributed by atoms with Crippen molar-refractivity contribution in [2.75, 3.05) is 32.9 Å².